The van der Waals surface area contributed by atoms with Gasteiger partial charge in [-0.15, -0.1) is 0 Å². The van der Waals surface area contributed by atoms with Gasteiger partial charge in [0.1, 0.15) is 5.75 Å². The number of hydrogen-bond acceptors (Lipinski definition) is 5. The van der Waals surface area contributed by atoms with Crippen LogP contribution in [0.25, 0.3) is 0 Å². The van der Waals surface area contributed by atoms with E-state index in [1.165, 1.54) is 12.1 Å². The van der Waals surface area contributed by atoms with Crippen LogP contribution in [0.4, 0.5) is 5.69 Å². The molecule has 0 N–H and O–H groups in total. The Balaban J connectivity index is 1.57. The topological polar surface area (TPSA) is 49.9 Å². The molecule has 1 heterocycles. The van der Waals surface area contributed by atoms with E-state index in [0.29, 0.717) is 11.6 Å². The molecule has 0 atom stereocenters. The van der Waals surface area contributed by atoms with Crippen LogP contribution in [-0.4, -0.2) is 58.9 Å². The van der Waals surface area contributed by atoms with Crippen LogP contribution in [0, 0.1) is 0 Å². The number of sulfone groups is 1. The van der Waals surface area contributed by atoms with Crippen LogP contribution < -0.4 is 9.64 Å². The molecule has 1 saturated heterocycles. The molecule has 1 aliphatic rings. The van der Waals surface area contributed by atoms with Crippen molar-refractivity contribution in [2.24, 2.45) is 0 Å². The maximum atomic E-state index is 12.6. The fourth-order valence-electron chi connectivity index (χ4n) is 3.11. The minimum atomic E-state index is -3.48. The van der Waals surface area contributed by atoms with Crippen molar-refractivity contribution in [3.8, 4) is 5.75 Å². The Morgan fingerprint density at radius 1 is 1.04 bits per heavy atom. The first-order chi connectivity index (χ1) is 12.9. The number of anilines is 1. The molecule has 2 aromatic carbocycles. The SMILES string of the molecule is COc1cccc(N2CCN(CCS(=O)(=O)c3cc(Cl)ccc3Cl)CC2)c1. The van der Waals surface area contributed by atoms with Crippen molar-refractivity contribution >= 4 is 38.7 Å². The number of halogens is 2. The standard InChI is InChI=1S/C19H22Cl2N2O3S/c1-26-17-4-2-3-16(14-17)23-9-7-22(8-10-23)11-12-27(24,25)19-13-15(20)5-6-18(19)21/h2-6,13-14H,7-12H2,1H3. The molecule has 1 fully saturated rings. The first kappa shape index (κ1) is 20.3. The normalized spacial score (nSPS) is 15.7. The number of nitrogens with zero attached hydrogens (tertiary/aromatic N) is 2. The summed E-state index contributed by atoms with van der Waals surface area (Å²) < 4.78 is 30.5. The Morgan fingerprint density at radius 2 is 1.78 bits per heavy atom. The summed E-state index contributed by atoms with van der Waals surface area (Å²) in [5.41, 5.74) is 1.12. The summed E-state index contributed by atoms with van der Waals surface area (Å²) in [6.07, 6.45) is 0. The monoisotopic (exact) mass is 428 g/mol. The lowest BCUT2D eigenvalue weighted by atomic mass is 10.2. The molecule has 0 saturated carbocycles. The highest BCUT2D eigenvalue weighted by Gasteiger charge is 2.22. The number of piperazine rings is 1. The van der Waals surface area contributed by atoms with Crippen LogP contribution in [0.2, 0.25) is 10.0 Å². The number of ether oxygens (including phenoxy) is 1. The van der Waals surface area contributed by atoms with E-state index >= 15 is 0 Å². The van der Waals surface area contributed by atoms with Crippen molar-refractivity contribution in [3.63, 3.8) is 0 Å². The van der Waals surface area contributed by atoms with Crippen molar-refractivity contribution in [2.75, 3.05) is 50.5 Å². The maximum Gasteiger partial charge on any atom is 0.181 e. The molecular weight excluding hydrogens is 407 g/mol. The highest BCUT2D eigenvalue weighted by molar-refractivity contribution is 7.91. The lowest BCUT2D eigenvalue weighted by Crippen LogP contribution is -2.47. The zero-order valence-corrected chi connectivity index (χ0v) is 17.4. The van der Waals surface area contributed by atoms with Gasteiger partial charge >= 0.3 is 0 Å². The largest absolute Gasteiger partial charge is 0.497 e. The molecule has 1 aliphatic heterocycles. The summed E-state index contributed by atoms with van der Waals surface area (Å²) in [5.74, 6) is 0.853. The number of methoxy groups -OCH3 is 1. The van der Waals surface area contributed by atoms with Crippen LogP contribution in [0.3, 0.4) is 0 Å². The Kier molecular flexibility index (Phi) is 6.52. The summed E-state index contributed by atoms with van der Waals surface area (Å²) in [6, 6.07) is 12.5. The molecule has 3 rings (SSSR count). The number of benzene rings is 2. The van der Waals surface area contributed by atoms with Crippen molar-refractivity contribution in [3.05, 3.63) is 52.5 Å². The van der Waals surface area contributed by atoms with Gasteiger partial charge in [0.05, 0.1) is 22.8 Å². The van der Waals surface area contributed by atoms with Gasteiger partial charge in [0, 0.05) is 49.5 Å². The second-order valence-electron chi connectivity index (χ2n) is 6.42. The molecule has 5 nitrogen and oxygen atoms in total. The molecule has 0 radical (unpaired) electrons. The Morgan fingerprint density at radius 3 is 2.48 bits per heavy atom. The maximum absolute atomic E-state index is 12.6. The van der Waals surface area contributed by atoms with Crippen molar-refractivity contribution in [2.45, 2.75) is 4.90 Å². The predicted octanol–water partition coefficient (Wildman–Crippen LogP) is 3.60. The summed E-state index contributed by atoms with van der Waals surface area (Å²) in [6.45, 7) is 3.75. The third-order valence-electron chi connectivity index (χ3n) is 4.70. The van der Waals surface area contributed by atoms with E-state index in [1.807, 2.05) is 18.2 Å². The quantitative estimate of drug-likeness (QED) is 0.703. The molecule has 8 heteroatoms. The van der Waals surface area contributed by atoms with Gasteiger partial charge in [-0.1, -0.05) is 29.3 Å². The van der Waals surface area contributed by atoms with Gasteiger partial charge in [-0.2, -0.15) is 0 Å². The Bertz CT molecular complexity index is 898. The van der Waals surface area contributed by atoms with Gasteiger partial charge in [-0.3, -0.25) is 4.90 Å². The average molecular weight is 429 g/mol. The smallest absolute Gasteiger partial charge is 0.181 e. The minimum absolute atomic E-state index is 0.0201. The van der Waals surface area contributed by atoms with Crippen LogP contribution >= 0.6 is 23.2 Å². The van der Waals surface area contributed by atoms with Crippen molar-refractivity contribution in [1.82, 2.24) is 4.90 Å². The third kappa shape index (κ3) is 5.08. The van der Waals surface area contributed by atoms with E-state index in [9.17, 15) is 8.42 Å². The molecule has 0 bridgehead atoms. The van der Waals surface area contributed by atoms with E-state index in [4.69, 9.17) is 27.9 Å². The van der Waals surface area contributed by atoms with Gasteiger partial charge in [-0.05, 0) is 30.3 Å². The molecular formula is C19H22Cl2N2O3S. The molecule has 0 spiro atoms. The molecule has 0 amide bonds. The van der Waals surface area contributed by atoms with Gasteiger partial charge in [0.25, 0.3) is 0 Å². The van der Waals surface area contributed by atoms with Crippen molar-refractivity contribution < 1.29 is 13.2 Å². The first-order valence-electron chi connectivity index (χ1n) is 8.68. The molecule has 0 aliphatic carbocycles. The fraction of sp³-hybridized carbons (Fsp3) is 0.368. The second kappa shape index (κ2) is 8.69. The van der Waals surface area contributed by atoms with Gasteiger partial charge in [-0.25, -0.2) is 8.42 Å². The van der Waals surface area contributed by atoms with Gasteiger partial charge in [0.15, 0.2) is 9.84 Å². The van der Waals surface area contributed by atoms with E-state index in [-0.39, 0.29) is 15.7 Å². The predicted molar refractivity (Wildman–Crippen MR) is 110 cm³/mol. The van der Waals surface area contributed by atoms with E-state index < -0.39 is 9.84 Å². The Labute approximate surface area is 170 Å². The average Bonchev–Trinajstić information content (AvgIpc) is 2.68. The fourth-order valence-corrected chi connectivity index (χ4v) is 5.21. The lowest BCUT2D eigenvalue weighted by molar-refractivity contribution is 0.272. The Hall–Kier alpha value is -1.47. The zero-order chi connectivity index (χ0) is 19.4. The lowest BCUT2D eigenvalue weighted by Gasteiger charge is -2.36. The zero-order valence-electron chi connectivity index (χ0n) is 15.1. The molecule has 146 valence electrons. The second-order valence-corrected chi connectivity index (χ2v) is 9.34. The van der Waals surface area contributed by atoms with E-state index in [2.05, 4.69) is 15.9 Å². The molecule has 2 aromatic rings. The van der Waals surface area contributed by atoms with Crippen LogP contribution in [-0.2, 0) is 9.84 Å². The minimum Gasteiger partial charge on any atom is -0.497 e. The van der Waals surface area contributed by atoms with Crippen LogP contribution in [0.1, 0.15) is 0 Å². The third-order valence-corrected chi connectivity index (χ3v) is 7.10. The molecule has 0 aromatic heterocycles. The highest BCUT2D eigenvalue weighted by atomic mass is 35.5. The van der Waals surface area contributed by atoms with Gasteiger partial charge in [0.2, 0.25) is 0 Å². The van der Waals surface area contributed by atoms with Crippen LogP contribution in [0.5, 0.6) is 5.75 Å². The summed E-state index contributed by atoms with van der Waals surface area (Å²) in [5, 5.41) is 0.576. The molecule has 27 heavy (non-hydrogen) atoms. The number of rotatable bonds is 6. The van der Waals surface area contributed by atoms with Crippen molar-refractivity contribution in [1.29, 1.82) is 0 Å². The van der Waals surface area contributed by atoms with E-state index in [0.717, 1.165) is 37.6 Å². The first-order valence-corrected chi connectivity index (χ1v) is 11.1. The summed E-state index contributed by atoms with van der Waals surface area (Å²) in [4.78, 5) is 4.54. The highest BCUT2D eigenvalue weighted by Crippen LogP contribution is 2.26. The summed E-state index contributed by atoms with van der Waals surface area (Å²) in [7, 11) is -1.82. The van der Waals surface area contributed by atoms with Gasteiger partial charge < -0.3 is 9.64 Å². The molecule has 0 unspecified atom stereocenters. The van der Waals surface area contributed by atoms with Crippen LogP contribution in [0.15, 0.2) is 47.4 Å². The number of hydrogen-bond donors (Lipinski definition) is 0. The summed E-state index contributed by atoms with van der Waals surface area (Å²) >= 11 is 12.0. The van der Waals surface area contributed by atoms with E-state index in [1.54, 1.807) is 13.2 Å².